The van der Waals surface area contributed by atoms with Crippen molar-refractivity contribution < 1.29 is 22.3 Å². The lowest BCUT2D eigenvalue weighted by Crippen LogP contribution is -2.12. The largest absolute Gasteiger partial charge is 0.320 e. The lowest BCUT2D eigenvalue weighted by molar-refractivity contribution is 0.102. The van der Waals surface area contributed by atoms with Gasteiger partial charge in [0.15, 0.2) is 0 Å². The van der Waals surface area contributed by atoms with Crippen LogP contribution in [0.2, 0.25) is 0 Å². The summed E-state index contributed by atoms with van der Waals surface area (Å²) in [6.07, 6.45) is 0. The van der Waals surface area contributed by atoms with E-state index in [1.807, 2.05) is 0 Å². The first-order valence-corrected chi connectivity index (χ1v) is 11.2. The molecule has 0 spiro atoms. The van der Waals surface area contributed by atoms with Crippen molar-refractivity contribution in [2.75, 3.05) is 5.32 Å². The van der Waals surface area contributed by atoms with Crippen LogP contribution in [-0.2, 0) is 9.05 Å². The number of rotatable bonds is 2. The Bertz CT molecular complexity index is 986. The zero-order chi connectivity index (χ0) is 18.6. The van der Waals surface area contributed by atoms with Crippen molar-refractivity contribution in [2.45, 2.75) is 34.5 Å². The Morgan fingerprint density at radius 1 is 1.12 bits per heavy atom. The number of carbonyl (C=O) groups is 1. The molecule has 134 valence electrons. The highest BCUT2D eigenvalue weighted by Gasteiger charge is 2.34. The van der Waals surface area contributed by atoms with Crippen LogP contribution in [0.1, 0.15) is 35.7 Å². The molecule has 0 saturated carbocycles. The number of halogens is 1. The molecule has 2 aromatic rings. The van der Waals surface area contributed by atoms with Gasteiger partial charge in [-0.25, -0.2) is 8.42 Å². The first kappa shape index (κ1) is 18.2. The number of hydrogen-bond donors (Lipinski definition) is 3. The van der Waals surface area contributed by atoms with Crippen molar-refractivity contribution in [3.8, 4) is 0 Å². The quantitative estimate of drug-likeness (QED) is 0.644. The van der Waals surface area contributed by atoms with E-state index in [-0.39, 0.29) is 31.9 Å². The molecule has 0 atom stereocenters. The summed E-state index contributed by atoms with van der Waals surface area (Å²) in [5, 5.41) is 2.63. The number of fused-ring (bicyclic) bond motifs is 2. The standard InChI is InChI=1S/C16H16ClNO5S2/c1-9(2)11-7-12-15(8-14(11)25(17,22)23)24(20,21)13-6-4-3-5-10(13)16(19)18-12/h3-9,20-21H,1-2H3,(H,18,19). The van der Waals surface area contributed by atoms with Crippen LogP contribution in [0.5, 0.6) is 0 Å². The van der Waals surface area contributed by atoms with Gasteiger partial charge in [0.2, 0.25) is 0 Å². The predicted molar refractivity (Wildman–Crippen MR) is 97.3 cm³/mol. The lowest BCUT2D eigenvalue weighted by Gasteiger charge is -2.33. The van der Waals surface area contributed by atoms with E-state index in [9.17, 15) is 22.3 Å². The average molecular weight is 402 g/mol. The maximum Gasteiger partial charge on any atom is 0.261 e. The highest BCUT2D eigenvalue weighted by atomic mass is 35.7. The third-order valence-electron chi connectivity index (χ3n) is 3.99. The molecule has 0 aromatic heterocycles. The first-order chi connectivity index (χ1) is 11.5. The Morgan fingerprint density at radius 3 is 2.36 bits per heavy atom. The molecule has 0 saturated heterocycles. The van der Waals surface area contributed by atoms with E-state index in [1.54, 1.807) is 26.0 Å². The second-order valence-electron chi connectivity index (χ2n) is 5.98. The Morgan fingerprint density at radius 2 is 1.76 bits per heavy atom. The van der Waals surface area contributed by atoms with Gasteiger partial charge in [-0.2, -0.15) is 0 Å². The molecule has 1 aliphatic rings. The number of anilines is 1. The maximum absolute atomic E-state index is 12.5. The van der Waals surface area contributed by atoms with Gasteiger partial charge in [0.1, 0.15) is 0 Å². The number of carbonyl (C=O) groups excluding carboxylic acids is 1. The second-order valence-corrected chi connectivity index (χ2v) is 10.5. The molecule has 9 heteroatoms. The van der Waals surface area contributed by atoms with E-state index < -0.39 is 25.5 Å². The van der Waals surface area contributed by atoms with Gasteiger partial charge in [-0.1, -0.05) is 26.0 Å². The summed E-state index contributed by atoms with van der Waals surface area (Å²) < 4.78 is 45.6. The van der Waals surface area contributed by atoms with Gasteiger partial charge in [0, 0.05) is 10.7 Å². The van der Waals surface area contributed by atoms with Crippen LogP contribution in [0.15, 0.2) is 51.1 Å². The molecular weight excluding hydrogens is 386 g/mol. The monoisotopic (exact) mass is 401 g/mol. The van der Waals surface area contributed by atoms with Crippen LogP contribution < -0.4 is 5.32 Å². The van der Waals surface area contributed by atoms with Crippen LogP contribution >= 0.6 is 21.3 Å². The Kier molecular flexibility index (Phi) is 4.37. The summed E-state index contributed by atoms with van der Waals surface area (Å²) in [4.78, 5) is 12.2. The number of nitrogens with one attached hydrogen (secondary N) is 1. The maximum atomic E-state index is 12.5. The molecule has 0 bridgehead atoms. The third-order valence-corrected chi connectivity index (χ3v) is 7.29. The van der Waals surface area contributed by atoms with Crippen LogP contribution in [-0.4, -0.2) is 23.4 Å². The number of amides is 1. The van der Waals surface area contributed by atoms with E-state index >= 15 is 0 Å². The molecule has 25 heavy (non-hydrogen) atoms. The summed E-state index contributed by atoms with van der Waals surface area (Å²) in [5.74, 6) is -0.705. The molecule has 0 fully saturated rings. The molecule has 3 rings (SSSR count). The fourth-order valence-electron chi connectivity index (χ4n) is 2.78. The van der Waals surface area contributed by atoms with Crippen LogP contribution in [0.3, 0.4) is 0 Å². The molecule has 1 heterocycles. The summed E-state index contributed by atoms with van der Waals surface area (Å²) in [6, 6.07) is 8.68. The van der Waals surface area contributed by atoms with Crippen molar-refractivity contribution in [3.05, 3.63) is 47.5 Å². The highest BCUT2D eigenvalue weighted by Crippen LogP contribution is 2.61. The van der Waals surface area contributed by atoms with Gasteiger partial charge in [0.05, 0.1) is 25.9 Å². The molecule has 6 nitrogen and oxygen atoms in total. The van der Waals surface area contributed by atoms with Crippen LogP contribution in [0, 0.1) is 0 Å². The molecular formula is C16H16ClNO5S2. The minimum atomic E-state index is -4.11. The third kappa shape index (κ3) is 3.04. The Hall–Kier alpha value is -1.58. The highest BCUT2D eigenvalue weighted by molar-refractivity contribution is 8.24. The smallest absolute Gasteiger partial charge is 0.261 e. The Labute approximate surface area is 151 Å². The first-order valence-electron chi connectivity index (χ1n) is 7.34. The lowest BCUT2D eigenvalue weighted by atomic mass is 10.0. The second kappa shape index (κ2) is 6.00. The van der Waals surface area contributed by atoms with Crippen molar-refractivity contribution in [2.24, 2.45) is 0 Å². The molecule has 2 aromatic carbocycles. The fourth-order valence-corrected chi connectivity index (χ4v) is 5.77. The minimum Gasteiger partial charge on any atom is -0.320 e. The van der Waals surface area contributed by atoms with E-state index in [0.717, 1.165) is 6.07 Å². The van der Waals surface area contributed by atoms with E-state index in [4.69, 9.17) is 10.7 Å². The van der Waals surface area contributed by atoms with Crippen molar-refractivity contribution in [3.63, 3.8) is 0 Å². The number of benzene rings is 2. The topological polar surface area (TPSA) is 104 Å². The van der Waals surface area contributed by atoms with Crippen molar-refractivity contribution >= 4 is 41.9 Å². The summed E-state index contributed by atoms with van der Waals surface area (Å²) >= 11 is 0. The van der Waals surface area contributed by atoms with Gasteiger partial charge in [-0.3, -0.25) is 13.9 Å². The minimum absolute atomic E-state index is 0.0430. The zero-order valence-electron chi connectivity index (χ0n) is 13.4. The summed E-state index contributed by atoms with van der Waals surface area (Å²) in [5.41, 5.74) is 0.671. The molecule has 3 N–H and O–H groups in total. The zero-order valence-corrected chi connectivity index (χ0v) is 15.7. The van der Waals surface area contributed by atoms with Gasteiger partial charge in [-0.15, -0.1) is 10.6 Å². The van der Waals surface area contributed by atoms with Crippen molar-refractivity contribution in [1.29, 1.82) is 0 Å². The van der Waals surface area contributed by atoms with E-state index in [1.165, 1.54) is 18.2 Å². The van der Waals surface area contributed by atoms with Gasteiger partial charge >= 0.3 is 0 Å². The molecule has 0 unspecified atom stereocenters. The average Bonchev–Trinajstić information content (AvgIpc) is 2.60. The molecule has 1 amide bonds. The predicted octanol–water partition coefficient (Wildman–Crippen LogP) is 4.47. The van der Waals surface area contributed by atoms with Gasteiger partial charge in [-0.05, 0) is 35.7 Å². The van der Waals surface area contributed by atoms with Crippen molar-refractivity contribution in [1.82, 2.24) is 0 Å². The summed E-state index contributed by atoms with van der Waals surface area (Å²) in [7, 11) is -2.17. The van der Waals surface area contributed by atoms with E-state index in [0.29, 0.717) is 5.56 Å². The number of hydrogen-bond acceptors (Lipinski definition) is 5. The molecule has 1 aliphatic heterocycles. The van der Waals surface area contributed by atoms with E-state index in [2.05, 4.69) is 5.32 Å². The summed E-state index contributed by atoms with van der Waals surface area (Å²) in [6.45, 7) is 3.55. The SMILES string of the molecule is CC(C)c1cc2c(cc1S(=O)(=O)Cl)S(O)(O)c1ccccc1C(=O)N2. The molecule has 0 aliphatic carbocycles. The van der Waals surface area contributed by atoms with Gasteiger partial charge in [0.25, 0.3) is 15.0 Å². The van der Waals surface area contributed by atoms with Crippen LogP contribution in [0.4, 0.5) is 5.69 Å². The normalized spacial score (nSPS) is 17.3. The van der Waals surface area contributed by atoms with Crippen LogP contribution in [0.25, 0.3) is 0 Å². The fraction of sp³-hybridized carbons (Fsp3) is 0.188. The Balaban J connectivity index is 2.39. The van der Waals surface area contributed by atoms with Gasteiger partial charge < -0.3 is 5.32 Å². The molecule has 0 radical (unpaired) electrons.